The zero-order valence-electron chi connectivity index (χ0n) is 32.8. The first-order valence-electron chi connectivity index (χ1n) is 19.5. The molecule has 4 aliphatic heterocycles. The van der Waals surface area contributed by atoms with E-state index in [9.17, 15) is 62.3 Å². The summed E-state index contributed by atoms with van der Waals surface area (Å²) in [4.78, 5) is 33.9. The second kappa shape index (κ2) is 20.2. The molecular formula is C38H46F12N6O5. The fourth-order valence-corrected chi connectivity index (χ4v) is 7.10. The van der Waals surface area contributed by atoms with Crippen molar-refractivity contribution < 1.29 is 76.5 Å². The number of amides is 2. The molecule has 0 bridgehead atoms. The summed E-state index contributed by atoms with van der Waals surface area (Å²) in [5.74, 6) is 0. The van der Waals surface area contributed by atoms with Crippen LogP contribution in [0, 0.1) is 0 Å². The molecule has 0 aliphatic carbocycles. The Morgan fingerprint density at radius 1 is 0.475 bits per heavy atom. The number of nitrogens with zero attached hydrogens (tertiary/aromatic N) is 6. The number of morpholine rings is 1. The number of carbonyl (C=O) groups excluding carboxylic acids is 2. The van der Waals surface area contributed by atoms with Crippen molar-refractivity contribution in [2.24, 2.45) is 0 Å². The molecule has 61 heavy (non-hydrogen) atoms. The summed E-state index contributed by atoms with van der Waals surface area (Å²) in [6.45, 7) is 7.44. The Bertz CT molecular complexity index is 1660. The lowest BCUT2D eigenvalue weighted by atomic mass is 10.1. The van der Waals surface area contributed by atoms with Gasteiger partial charge in [-0.15, -0.1) is 0 Å². The summed E-state index contributed by atoms with van der Waals surface area (Å²) < 4.78 is 163. The number of ether oxygens (including phenoxy) is 3. The molecule has 0 unspecified atom stereocenters. The van der Waals surface area contributed by atoms with Gasteiger partial charge in [-0.3, -0.25) is 9.80 Å². The third-order valence-electron chi connectivity index (χ3n) is 10.4. The van der Waals surface area contributed by atoms with E-state index in [0.29, 0.717) is 52.5 Å². The number of hydrogen-bond donors (Lipinski definition) is 0. The van der Waals surface area contributed by atoms with Gasteiger partial charge in [0.1, 0.15) is 0 Å². The number of piperazine rings is 2. The van der Waals surface area contributed by atoms with Crippen LogP contribution in [0.4, 0.5) is 73.6 Å². The van der Waals surface area contributed by atoms with Crippen molar-refractivity contribution in [2.45, 2.75) is 62.8 Å². The lowest BCUT2D eigenvalue weighted by Gasteiger charge is -2.35. The van der Waals surface area contributed by atoms with E-state index in [4.69, 9.17) is 4.74 Å². The molecule has 4 fully saturated rings. The molecule has 0 spiro atoms. The molecule has 2 amide bonds. The van der Waals surface area contributed by atoms with Gasteiger partial charge in [0.15, 0.2) is 0 Å². The molecule has 2 aromatic carbocycles. The molecule has 6 rings (SSSR count). The van der Waals surface area contributed by atoms with E-state index in [0.717, 1.165) is 58.5 Å². The predicted octanol–water partition coefficient (Wildman–Crippen LogP) is 7.30. The standard InChI is InChI=1S/C19H23F6N3O3.C19H23F6N3O2/c20-18(21,22)16(19(23,24)25)31-17(29)28-7-5-26(6-8-28)13-14-1-3-15(4-2-14)27-9-11-30-12-10-27;20-18(21,22)16(19(23,24)25)30-17(29)28-11-9-26(10-12-28)13-14-3-5-15(6-4-14)27-7-1-2-8-27/h1-4,16H,5-13H2;3-6,16H,1-2,7-13H2. The van der Waals surface area contributed by atoms with Crippen LogP contribution in [-0.4, -0.2) is 160 Å². The quantitative estimate of drug-likeness (QED) is 0.254. The van der Waals surface area contributed by atoms with Crippen LogP contribution in [0.15, 0.2) is 48.5 Å². The summed E-state index contributed by atoms with van der Waals surface area (Å²) in [6, 6.07) is 16.1. The number of benzene rings is 2. The molecule has 4 saturated heterocycles. The number of carbonyl (C=O) groups is 2. The minimum absolute atomic E-state index is 0.00682. The average Bonchev–Trinajstić information content (AvgIpc) is 3.74. The second-order valence-electron chi connectivity index (χ2n) is 14.8. The van der Waals surface area contributed by atoms with E-state index in [1.54, 1.807) is 0 Å². The van der Waals surface area contributed by atoms with Crippen LogP contribution < -0.4 is 9.80 Å². The highest BCUT2D eigenvalue weighted by Crippen LogP contribution is 2.37. The molecular weight excluding hydrogens is 848 g/mol. The second-order valence-corrected chi connectivity index (χ2v) is 14.8. The number of alkyl halides is 12. The molecule has 0 aromatic heterocycles. The molecule has 23 heteroatoms. The van der Waals surface area contributed by atoms with Crippen LogP contribution in [0.5, 0.6) is 0 Å². The number of rotatable bonds is 8. The Morgan fingerprint density at radius 2 is 0.787 bits per heavy atom. The zero-order chi connectivity index (χ0) is 44.6. The average molecular weight is 895 g/mol. The van der Waals surface area contributed by atoms with Gasteiger partial charge in [0.05, 0.1) is 13.2 Å². The molecule has 0 saturated carbocycles. The van der Waals surface area contributed by atoms with Gasteiger partial charge in [0.2, 0.25) is 0 Å². The molecule has 4 aliphatic rings. The smallest absolute Gasteiger partial charge is 0.426 e. The highest BCUT2D eigenvalue weighted by molar-refractivity contribution is 5.68. The van der Waals surface area contributed by atoms with Crippen molar-refractivity contribution >= 4 is 23.6 Å². The van der Waals surface area contributed by atoms with Crippen LogP contribution in [0.25, 0.3) is 0 Å². The van der Waals surface area contributed by atoms with E-state index in [-0.39, 0.29) is 26.2 Å². The first kappa shape index (κ1) is 47.7. The lowest BCUT2D eigenvalue weighted by molar-refractivity contribution is -0.309. The van der Waals surface area contributed by atoms with Crippen molar-refractivity contribution in [1.29, 1.82) is 0 Å². The Hall–Kier alpha value is -4.38. The van der Waals surface area contributed by atoms with E-state index in [2.05, 4.69) is 19.3 Å². The number of anilines is 2. The van der Waals surface area contributed by atoms with Crippen LogP contribution in [0.3, 0.4) is 0 Å². The SMILES string of the molecule is O=C(OC(C(F)(F)F)C(F)(F)F)N1CCN(Cc2ccc(N3CCCC3)cc2)CC1.O=C(OC(C(F)(F)F)C(F)(F)F)N1CCN(Cc2ccc(N3CCOCC3)cc2)CC1. The Balaban J connectivity index is 0.000000231. The van der Waals surface area contributed by atoms with Gasteiger partial charge in [0.25, 0.3) is 12.2 Å². The van der Waals surface area contributed by atoms with Crippen LogP contribution in [-0.2, 0) is 27.3 Å². The van der Waals surface area contributed by atoms with E-state index < -0.39 is 49.1 Å². The minimum atomic E-state index is -5.72. The van der Waals surface area contributed by atoms with E-state index in [1.165, 1.54) is 12.8 Å². The van der Waals surface area contributed by atoms with Gasteiger partial charge in [-0.25, -0.2) is 9.59 Å². The summed E-state index contributed by atoms with van der Waals surface area (Å²) in [5, 5.41) is 0. The van der Waals surface area contributed by atoms with Gasteiger partial charge in [-0.1, -0.05) is 24.3 Å². The van der Waals surface area contributed by atoms with Gasteiger partial charge in [-0.2, -0.15) is 52.7 Å². The molecule has 0 N–H and O–H groups in total. The summed E-state index contributed by atoms with van der Waals surface area (Å²) in [6.07, 6.45) is -32.0. The first-order valence-corrected chi connectivity index (χ1v) is 19.5. The maximum Gasteiger partial charge on any atom is 0.434 e. The Kier molecular flexibility index (Phi) is 15.8. The number of halogens is 12. The predicted molar refractivity (Wildman–Crippen MR) is 196 cm³/mol. The van der Waals surface area contributed by atoms with Gasteiger partial charge >= 0.3 is 36.9 Å². The van der Waals surface area contributed by atoms with Crippen LogP contribution in [0.2, 0.25) is 0 Å². The minimum Gasteiger partial charge on any atom is -0.426 e. The lowest BCUT2D eigenvalue weighted by Crippen LogP contribution is -2.52. The summed E-state index contributed by atoms with van der Waals surface area (Å²) >= 11 is 0. The van der Waals surface area contributed by atoms with Crippen LogP contribution >= 0.6 is 0 Å². The van der Waals surface area contributed by atoms with Crippen molar-refractivity contribution in [3.8, 4) is 0 Å². The normalized spacial score (nSPS) is 19.0. The largest absolute Gasteiger partial charge is 0.434 e. The molecule has 11 nitrogen and oxygen atoms in total. The maximum atomic E-state index is 12.6. The third-order valence-corrected chi connectivity index (χ3v) is 10.4. The Labute approximate surface area is 343 Å². The maximum absolute atomic E-state index is 12.6. The fourth-order valence-electron chi connectivity index (χ4n) is 7.10. The number of hydrogen-bond acceptors (Lipinski definition) is 9. The summed E-state index contributed by atoms with van der Waals surface area (Å²) in [7, 11) is 0. The van der Waals surface area contributed by atoms with Crippen molar-refractivity contribution in [3.05, 3.63) is 59.7 Å². The molecule has 4 heterocycles. The third kappa shape index (κ3) is 14.1. The van der Waals surface area contributed by atoms with E-state index in [1.807, 2.05) is 58.3 Å². The van der Waals surface area contributed by atoms with Crippen molar-refractivity contribution in [1.82, 2.24) is 19.6 Å². The molecule has 0 atom stereocenters. The molecule has 342 valence electrons. The summed E-state index contributed by atoms with van der Waals surface area (Å²) in [5.41, 5.74) is 4.31. The van der Waals surface area contributed by atoms with Gasteiger partial charge in [-0.05, 0) is 48.2 Å². The Morgan fingerprint density at radius 3 is 1.10 bits per heavy atom. The van der Waals surface area contributed by atoms with Crippen molar-refractivity contribution in [3.63, 3.8) is 0 Å². The monoisotopic (exact) mass is 894 g/mol. The highest BCUT2D eigenvalue weighted by atomic mass is 19.4. The topological polar surface area (TPSA) is 81.3 Å². The van der Waals surface area contributed by atoms with Crippen LogP contribution in [0.1, 0.15) is 24.0 Å². The molecule has 2 aromatic rings. The first-order chi connectivity index (χ1) is 28.6. The highest BCUT2D eigenvalue weighted by Gasteiger charge is 2.61. The molecule has 0 radical (unpaired) electrons. The fraction of sp³-hybridized carbons (Fsp3) is 0.632. The zero-order valence-corrected chi connectivity index (χ0v) is 32.8. The van der Waals surface area contributed by atoms with Gasteiger partial charge < -0.3 is 33.8 Å². The van der Waals surface area contributed by atoms with Crippen molar-refractivity contribution in [2.75, 3.05) is 102 Å². The van der Waals surface area contributed by atoms with Gasteiger partial charge in [0, 0.05) is 103 Å². The van der Waals surface area contributed by atoms with E-state index >= 15 is 0 Å².